The molecule has 0 saturated heterocycles. The molecule has 154 valence electrons. The molecule has 0 aromatic heterocycles. The van der Waals surface area contributed by atoms with Gasteiger partial charge in [-0.2, -0.15) is 0 Å². The molecule has 7 heteroatoms. The first kappa shape index (κ1) is 19.4. The molecule has 0 spiro atoms. The summed E-state index contributed by atoms with van der Waals surface area (Å²) in [4.78, 5) is 12.0. The van der Waals surface area contributed by atoms with Gasteiger partial charge in [-0.25, -0.2) is 0 Å². The fourth-order valence-electron chi connectivity index (χ4n) is 3.45. The molecule has 1 heterocycles. The van der Waals surface area contributed by atoms with Crippen molar-refractivity contribution in [3.8, 4) is 51.2 Å². The Morgan fingerprint density at radius 3 is 2.27 bits per heavy atom. The summed E-state index contributed by atoms with van der Waals surface area (Å²) in [5.74, 6) is 0.266. The summed E-state index contributed by atoms with van der Waals surface area (Å²) >= 11 is 0. The topological polar surface area (TPSA) is 109 Å². The number of rotatable bonds is 5. The van der Waals surface area contributed by atoms with E-state index in [4.69, 9.17) is 13.9 Å². The van der Waals surface area contributed by atoms with Gasteiger partial charge in [0.15, 0.2) is 28.7 Å². The maximum absolute atomic E-state index is 12.0. The average Bonchev–Trinajstić information content (AvgIpc) is 2.71. The Kier molecular flexibility index (Phi) is 4.87. The van der Waals surface area contributed by atoms with Gasteiger partial charge < -0.3 is 29.2 Å². The molecule has 0 saturated carbocycles. The summed E-state index contributed by atoms with van der Waals surface area (Å²) in [6.07, 6.45) is 0. The van der Waals surface area contributed by atoms with Crippen molar-refractivity contribution in [2.75, 3.05) is 13.2 Å². The van der Waals surface area contributed by atoms with Crippen LogP contribution < -0.4 is 14.9 Å². The molecule has 4 rings (SSSR count). The first-order valence-corrected chi connectivity index (χ1v) is 9.48. The van der Waals surface area contributed by atoms with Gasteiger partial charge in [-0.1, -0.05) is 6.07 Å². The SMILES string of the molecule is CCOc1ccc(-c2c3cc(O)c(=O)cc-3oc3cc(O)c(O)cc23)cc1OCC. The molecule has 2 aliphatic rings. The third-order valence-corrected chi connectivity index (χ3v) is 4.73. The van der Waals surface area contributed by atoms with Crippen molar-refractivity contribution < 1.29 is 29.2 Å². The van der Waals surface area contributed by atoms with E-state index in [2.05, 4.69) is 0 Å². The highest BCUT2D eigenvalue weighted by atomic mass is 16.5. The van der Waals surface area contributed by atoms with Crippen LogP contribution in [0.15, 0.2) is 51.7 Å². The Labute approximate surface area is 171 Å². The van der Waals surface area contributed by atoms with Crippen molar-refractivity contribution in [3.63, 3.8) is 0 Å². The summed E-state index contributed by atoms with van der Waals surface area (Å²) < 4.78 is 17.1. The number of ether oxygens (including phenoxy) is 2. The number of benzene rings is 3. The lowest BCUT2D eigenvalue weighted by molar-refractivity contribution is 0.288. The Hall–Kier alpha value is -3.87. The van der Waals surface area contributed by atoms with E-state index >= 15 is 0 Å². The molecule has 2 aromatic carbocycles. The lowest BCUT2D eigenvalue weighted by atomic mass is 9.93. The molecular weight excluding hydrogens is 388 g/mol. The zero-order valence-electron chi connectivity index (χ0n) is 16.4. The van der Waals surface area contributed by atoms with Gasteiger partial charge in [0, 0.05) is 28.6 Å². The molecule has 30 heavy (non-hydrogen) atoms. The van der Waals surface area contributed by atoms with Crippen molar-refractivity contribution in [2.24, 2.45) is 0 Å². The van der Waals surface area contributed by atoms with Gasteiger partial charge in [0.1, 0.15) is 11.3 Å². The summed E-state index contributed by atoms with van der Waals surface area (Å²) in [6.45, 7) is 4.65. The standard InChI is InChI=1S/C23H20O7/c1-3-28-19-6-5-12(7-22(19)29-4-2)23-13-8-15(24)17(26)10-20(13)30-21-11-18(27)16(25)9-14(21)23/h5-11,24-26H,3-4H2,1-2H3. The summed E-state index contributed by atoms with van der Waals surface area (Å²) in [7, 11) is 0. The van der Waals surface area contributed by atoms with Gasteiger partial charge in [-0.15, -0.1) is 0 Å². The fraction of sp³-hybridized carbons (Fsp3) is 0.174. The largest absolute Gasteiger partial charge is 0.504 e. The highest BCUT2D eigenvalue weighted by Gasteiger charge is 2.21. The summed E-state index contributed by atoms with van der Waals surface area (Å²) in [5, 5.41) is 30.5. The molecule has 0 atom stereocenters. The first-order valence-electron chi connectivity index (χ1n) is 9.48. The number of fused-ring (bicyclic) bond motifs is 2. The van der Waals surface area contributed by atoms with Crippen LogP contribution in [-0.2, 0) is 0 Å². The Balaban J connectivity index is 2.10. The van der Waals surface area contributed by atoms with Gasteiger partial charge in [0.2, 0.25) is 5.43 Å². The smallest absolute Gasteiger partial charge is 0.223 e. The van der Waals surface area contributed by atoms with Crippen LogP contribution >= 0.6 is 0 Å². The number of hydrogen-bond acceptors (Lipinski definition) is 7. The molecule has 0 bridgehead atoms. The van der Waals surface area contributed by atoms with Crippen LogP contribution in [0, 0.1) is 0 Å². The Bertz CT molecular complexity index is 1270. The minimum Gasteiger partial charge on any atom is -0.504 e. The van der Waals surface area contributed by atoms with E-state index in [-0.39, 0.29) is 22.8 Å². The third-order valence-electron chi connectivity index (χ3n) is 4.73. The van der Waals surface area contributed by atoms with E-state index in [0.717, 1.165) is 0 Å². The van der Waals surface area contributed by atoms with Gasteiger partial charge in [0.25, 0.3) is 0 Å². The predicted molar refractivity (Wildman–Crippen MR) is 112 cm³/mol. The van der Waals surface area contributed by atoms with Crippen molar-refractivity contribution >= 4 is 11.0 Å². The first-order chi connectivity index (χ1) is 14.4. The molecule has 1 aliphatic heterocycles. The predicted octanol–water partition coefficient (Wildman–Crippen LogP) is 4.48. The molecular formula is C23H20O7. The van der Waals surface area contributed by atoms with Crippen LogP contribution in [0.1, 0.15) is 13.8 Å². The third kappa shape index (κ3) is 3.24. The maximum Gasteiger partial charge on any atom is 0.223 e. The van der Waals surface area contributed by atoms with E-state index in [1.165, 1.54) is 24.3 Å². The highest BCUT2D eigenvalue weighted by molar-refractivity contribution is 6.03. The van der Waals surface area contributed by atoms with Crippen LogP contribution in [0.3, 0.4) is 0 Å². The van der Waals surface area contributed by atoms with Gasteiger partial charge >= 0.3 is 0 Å². The normalized spacial score (nSPS) is 11.1. The summed E-state index contributed by atoms with van der Waals surface area (Å²) in [6, 6.07) is 10.5. The number of hydrogen-bond donors (Lipinski definition) is 3. The number of aromatic hydroxyl groups is 3. The molecule has 3 N–H and O–H groups in total. The average molecular weight is 408 g/mol. The highest BCUT2D eigenvalue weighted by Crippen LogP contribution is 2.45. The maximum atomic E-state index is 12.0. The quantitative estimate of drug-likeness (QED) is 0.330. The van der Waals surface area contributed by atoms with E-state index in [1.807, 2.05) is 19.9 Å². The van der Waals surface area contributed by atoms with E-state index in [9.17, 15) is 20.1 Å². The molecule has 2 aromatic rings. The van der Waals surface area contributed by atoms with E-state index in [0.29, 0.717) is 46.8 Å². The lowest BCUT2D eigenvalue weighted by Gasteiger charge is -2.18. The van der Waals surface area contributed by atoms with Crippen LogP contribution in [-0.4, -0.2) is 28.5 Å². The minimum absolute atomic E-state index is 0.234. The lowest BCUT2D eigenvalue weighted by Crippen LogP contribution is -2.02. The van der Waals surface area contributed by atoms with Crippen molar-refractivity contribution in [1.82, 2.24) is 0 Å². The molecule has 1 aliphatic carbocycles. The zero-order valence-corrected chi connectivity index (χ0v) is 16.4. The van der Waals surface area contributed by atoms with Crippen molar-refractivity contribution in [3.05, 3.63) is 52.7 Å². The molecule has 0 fully saturated rings. The minimum atomic E-state index is -0.582. The Morgan fingerprint density at radius 2 is 1.53 bits per heavy atom. The van der Waals surface area contributed by atoms with Gasteiger partial charge in [-0.05, 0) is 43.7 Å². The Morgan fingerprint density at radius 1 is 0.833 bits per heavy atom. The van der Waals surface area contributed by atoms with Gasteiger partial charge in [-0.3, -0.25) is 4.79 Å². The van der Waals surface area contributed by atoms with Gasteiger partial charge in [0.05, 0.1) is 13.2 Å². The number of phenolic OH excluding ortho intramolecular Hbond substituents is 3. The fourth-order valence-corrected chi connectivity index (χ4v) is 3.45. The molecule has 0 unspecified atom stereocenters. The van der Waals surface area contributed by atoms with E-state index in [1.54, 1.807) is 12.1 Å². The molecule has 0 amide bonds. The van der Waals surface area contributed by atoms with Crippen LogP contribution in [0.4, 0.5) is 0 Å². The number of phenols is 3. The second-order valence-electron chi connectivity index (χ2n) is 6.66. The van der Waals surface area contributed by atoms with Crippen molar-refractivity contribution in [1.29, 1.82) is 0 Å². The second kappa shape index (κ2) is 7.51. The van der Waals surface area contributed by atoms with Crippen LogP contribution in [0.5, 0.6) is 28.7 Å². The van der Waals surface area contributed by atoms with E-state index < -0.39 is 11.2 Å². The summed E-state index contributed by atoms with van der Waals surface area (Å²) in [5.41, 5.74) is 1.44. The van der Waals surface area contributed by atoms with Crippen LogP contribution in [0.25, 0.3) is 33.4 Å². The molecule has 0 radical (unpaired) electrons. The van der Waals surface area contributed by atoms with Crippen LogP contribution in [0.2, 0.25) is 0 Å². The van der Waals surface area contributed by atoms with Crippen molar-refractivity contribution in [2.45, 2.75) is 13.8 Å². The monoisotopic (exact) mass is 408 g/mol. The molecule has 7 nitrogen and oxygen atoms in total. The second-order valence-corrected chi connectivity index (χ2v) is 6.66. The zero-order chi connectivity index (χ0) is 21.4.